The van der Waals surface area contributed by atoms with Gasteiger partial charge in [0.15, 0.2) is 0 Å². The van der Waals surface area contributed by atoms with Gasteiger partial charge in [-0.25, -0.2) is 8.42 Å². The second-order valence-corrected chi connectivity index (χ2v) is 8.18. The Morgan fingerprint density at radius 3 is 2.75 bits per heavy atom. The van der Waals surface area contributed by atoms with Crippen molar-refractivity contribution in [3.05, 3.63) is 17.0 Å². The summed E-state index contributed by atoms with van der Waals surface area (Å²) in [5, 5.41) is 4.94. The van der Waals surface area contributed by atoms with Gasteiger partial charge in [0.2, 0.25) is 0 Å². The molecule has 0 bridgehead atoms. The molecule has 20 heavy (non-hydrogen) atoms. The van der Waals surface area contributed by atoms with Gasteiger partial charge in [-0.1, -0.05) is 0 Å². The molecule has 0 aromatic carbocycles. The molecule has 7 heteroatoms. The molecule has 0 radical (unpaired) electrons. The number of thiophene rings is 1. The van der Waals surface area contributed by atoms with E-state index < -0.39 is 10.0 Å². The number of methoxy groups -OCH3 is 1. The maximum atomic E-state index is 12.6. The zero-order chi connectivity index (χ0) is 14.6. The van der Waals surface area contributed by atoms with Crippen molar-refractivity contribution in [3.8, 4) is 0 Å². The number of sulfonamides is 1. The summed E-state index contributed by atoms with van der Waals surface area (Å²) < 4.78 is 32.3. The Labute approximate surface area is 125 Å². The Kier molecular flexibility index (Phi) is 5.57. The van der Waals surface area contributed by atoms with E-state index in [-0.39, 0.29) is 0 Å². The monoisotopic (exact) mass is 318 g/mol. The number of piperidine rings is 1. The third-order valence-corrected chi connectivity index (χ3v) is 6.94. The van der Waals surface area contributed by atoms with Gasteiger partial charge in [-0.2, -0.15) is 4.31 Å². The highest BCUT2D eigenvalue weighted by Crippen LogP contribution is 2.27. The molecule has 1 aliphatic heterocycles. The van der Waals surface area contributed by atoms with Crippen LogP contribution in [0.1, 0.15) is 18.4 Å². The average molecular weight is 318 g/mol. The number of nitrogens with zero attached hydrogens (tertiary/aromatic N) is 1. The molecule has 1 aliphatic rings. The molecule has 1 fully saturated rings. The van der Waals surface area contributed by atoms with Crippen LogP contribution >= 0.6 is 11.3 Å². The topological polar surface area (TPSA) is 58.6 Å². The van der Waals surface area contributed by atoms with Crippen molar-refractivity contribution in [1.82, 2.24) is 9.62 Å². The van der Waals surface area contributed by atoms with Crippen LogP contribution in [0, 0.1) is 5.92 Å². The Hall–Kier alpha value is -0.470. The summed E-state index contributed by atoms with van der Waals surface area (Å²) in [6.45, 7) is 2.60. The van der Waals surface area contributed by atoms with Crippen LogP contribution in [0.25, 0.3) is 0 Å². The molecule has 114 valence electrons. The molecule has 5 nitrogen and oxygen atoms in total. The van der Waals surface area contributed by atoms with Gasteiger partial charge in [-0.3, -0.25) is 0 Å². The average Bonchev–Trinajstić information content (AvgIpc) is 2.90. The minimum atomic E-state index is -3.31. The lowest BCUT2D eigenvalue weighted by Crippen LogP contribution is -2.39. The molecule has 0 atom stereocenters. The molecular formula is C13H22N2O3S2. The normalized spacial score (nSPS) is 18.5. The first-order valence-electron chi connectivity index (χ1n) is 6.79. The van der Waals surface area contributed by atoms with Gasteiger partial charge in [0.05, 0.1) is 0 Å². The van der Waals surface area contributed by atoms with Crippen molar-refractivity contribution >= 4 is 21.4 Å². The van der Waals surface area contributed by atoms with Crippen molar-refractivity contribution in [2.45, 2.75) is 23.6 Å². The molecule has 2 heterocycles. The van der Waals surface area contributed by atoms with Crippen LogP contribution in [-0.2, 0) is 21.3 Å². The second-order valence-electron chi connectivity index (χ2n) is 5.11. The first-order valence-corrected chi connectivity index (χ1v) is 9.11. The number of hydrogen-bond acceptors (Lipinski definition) is 5. The van der Waals surface area contributed by atoms with E-state index in [0.29, 0.717) is 29.8 Å². The van der Waals surface area contributed by atoms with Gasteiger partial charge in [0.1, 0.15) is 4.21 Å². The van der Waals surface area contributed by atoms with E-state index >= 15 is 0 Å². The van der Waals surface area contributed by atoms with Gasteiger partial charge in [0.25, 0.3) is 10.0 Å². The molecule has 1 saturated heterocycles. The van der Waals surface area contributed by atoms with Crippen molar-refractivity contribution in [2.24, 2.45) is 5.92 Å². The molecule has 0 unspecified atom stereocenters. The maximum absolute atomic E-state index is 12.6. The second kappa shape index (κ2) is 7.00. The zero-order valence-corrected chi connectivity index (χ0v) is 13.6. The maximum Gasteiger partial charge on any atom is 0.252 e. The van der Waals surface area contributed by atoms with Crippen LogP contribution in [0.2, 0.25) is 0 Å². The predicted octanol–water partition coefficient (Wildman–Crippen LogP) is 1.51. The number of hydrogen-bond donors (Lipinski definition) is 1. The summed E-state index contributed by atoms with van der Waals surface area (Å²) in [5.74, 6) is 0.481. The van der Waals surface area contributed by atoms with Crippen LogP contribution in [-0.4, -0.2) is 46.6 Å². The molecule has 0 saturated carbocycles. The number of ether oxygens (including phenoxy) is 1. The lowest BCUT2D eigenvalue weighted by atomic mass is 9.99. The largest absolute Gasteiger partial charge is 0.384 e. The molecule has 2 rings (SSSR count). The van der Waals surface area contributed by atoms with Gasteiger partial charge in [-0.15, -0.1) is 11.3 Å². The van der Waals surface area contributed by atoms with E-state index in [1.807, 2.05) is 12.4 Å². The summed E-state index contributed by atoms with van der Waals surface area (Å²) >= 11 is 1.31. The van der Waals surface area contributed by atoms with Crippen molar-refractivity contribution < 1.29 is 13.2 Å². The molecule has 0 aliphatic carbocycles. The smallest absolute Gasteiger partial charge is 0.252 e. The summed E-state index contributed by atoms with van der Waals surface area (Å²) in [6.07, 6.45) is 1.75. The molecule has 1 N–H and O–H groups in total. The highest BCUT2D eigenvalue weighted by Gasteiger charge is 2.30. The Morgan fingerprint density at radius 2 is 2.15 bits per heavy atom. The lowest BCUT2D eigenvalue weighted by Gasteiger charge is -2.30. The predicted molar refractivity (Wildman–Crippen MR) is 80.4 cm³/mol. The van der Waals surface area contributed by atoms with Gasteiger partial charge in [0, 0.05) is 33.4 Å². The first kappa shape index (κ1) is 15.9. The summed E-state index contributed by atoms with van der Waals surface area (Å²) in [6, 6.07) is 1.78. The fourth-order valence-electron chi connectivity index (χ4n) is 2.46. The summed E-state index contributed by atoms with van der Waals surface area (Å²) in [5.41, 5.74) is 1.02. The van der Waals surface area contributed by atoms with Crippen molar-refractivity contribution in [2.75, 3.05) is 33.9 Å². The van der Waals surface area contributed by atoms with E-state index in [4.69, 9.17) is 4.74 Å². The quantitative estimate of drug-likeness (QED) is 0.864. The van der Waals surface area contributed by atoms with Crippen LogP contribution in [0.4, 0.5) is 0 Å². The Balaban J connectivity index is 2.03. The van der Waals surface area contributed by atoms with E-state index in [1.54, 1.807) is 17.5 Å². The van der Waals surface area contributed by atoms with E-state index in [2.05, 4.69) is 5.32 Å². The Morgan fingerprint density at radius 1 is 1.45 bits per heavy atom. The third kappa shape index (κ3) is 3.59. The molecule has 0 spiro atoms. The lowest BCUT2D eigenvalue weighted by molar-refractivity contribution is 0.121. The molecular weight excluding hydrogens is 296 g/mol. The fourth-order valence-corrected chi connectivity index (χ4v) is 5.30. The van der Waals surface area contributed by atoms with Gasteiger partial charge in [-0.05, 0) is 42.8 Å². The first-order chi connectivity index (χ1) is 9.57. The standard InChI is InChI=1S/C13H22N2O3S2/c1-14-8-12-7-13(19-10-12)20(16,17)15-5-3-11(4-6-15)9-18-2/h7,10-11,14H,3-6,8-9H2,1-2H3. The SMILES string of the molecule is CNCc1csc(S(=O)(=O)N2CCC(COC)CC2)c1. The van der Waals surface area contributed by atoms with E-state index in [1.165, 1.54) is 11.3 Å². The summed E-state index contributed by atoms with van der Waals surface area (Å²) in [7, 11) is 0.231. The number of nitrogens with one attached hydrogen (secondary N) is 1. The van der Waals surface area contributed by atoms with Crippen LogP contribution < -0.4 is 5.32 Å². The van der Waals surface area contributed by atoms with Crippen LogP contribution in [0.15, 0.2) is 15.7 Å². The molecule has 1 aromatic heterocycles. The van der Waals surface area contributed by atoms with Crippen molar-refractivity contribution in [1.29, 1.82) is 0 Å². The minimum absolute atomic E-state index is 0.452. The van der Waals surface area contributed by atoms with Crippen LogP contribution in [0.5, 0.6) is 0 Å². The highest BCUT2D eigenvalue weighted by atomic mass is 32.2. The summed E-state index contributed by atoms with van der Waals surface area (Å²) in [4.78, 5) is 0. The number of rotatable bonds is 6. The Bertz CT molecular complexity index is 519. The van der Waals surface area contributed by atoms with Crippen LogP contribution in [0.3, 0.4) is 0 Å². The highest BCUT2D eigenvalue weighted by molar-refractivity contribution is 7.91. The zero-order valence-electron chi connectivity index (χ0n) is 12.0. The van der Waals surface area contributed by atoms with Gasteiger partial charge < -0.3 is 10.1 Å². The van der Waals surface area contributed by atoms with E-state index in [9.17, 15) is 8.42 Å². The van der Waals surface area contributed by atoms with Gasteiger partial charge >= 0.3 is 0 Å². The van der Waals surface area contributed by atoms with E-state index in [0.717, 1.165) is 25.0 Å². The third-order valence-electron chi connectivity index (χ3n) is 3.58. The molecule has 1 aromatic rings. The fraction of sp³-hybridized carbons (Fsp3) is 0.692. The van der Waals surface area contributed by atoms with Crippen molar-refractivity contribution in [3.63, 3.8) is 0 Å². The minimum Gasteiger partial charge on any atom is -0.384 e. The molecule has 0 amide bonds.